The molecule has 3 heteroatoms. The maximum absolute atomic E-state index is 12.6. The molecule has 0 aliphatic carbocycles. The molecule has 1 amide bonds. The number of aryl methyl sites for hydroxylation is 1. The Balaban J connectivity index is 2.07. The van der Waals surface area contributed by atoms with Gasteiger partial charge < -0.3 is 4.90 Å². The van der Waals surface area contributed by atoms with Crippen molar-refractivity contribution in [3.05, 3.63) is 65.2 Å². The van der Waals surface area contributed by atoms with Crippen LogP contribution in [0.3, 0.4) is 0 Å². The molecule has 2 aromatic carbocycles. The third kappa shape index (κ3) is 2.01. The second-order valence-corrected chi connectivity index (χ2v) is 4.97. The van der Waals surface area contributed by atoms with Crippen molar-refractivity contribution in [2.45, 2.75) is 13.3 Å². The second-order valence-electron chi connectivity index (χ2n) is 4.97. The number of hydrogen-bond acceptors (Lipinski definition) is 2. The third-order valence-electron chi connectivity index (χ3n) is 3.64. The van der Waals surface area contributed by atoms with Gasteiger partial charge in [0.25, 0.3) is 5.91 Å². The Morgan fingerprint density at radius 3 is 2.55 bits per heavy atom. The van der Waals surface area contributed by atoms with E-state index in [-0.39, 0.29) is 11.7 Å². The van der Waals surface area contributed by atoms with Gasteiger partial charge in [0.2, 0.25) is 0 Å². The number of benzene rings is 2. The van der Waals surface area contributed by atoms with Crippen LogP contribution in [0.25, 0.3) is 0 Å². The van der Waals surface area contributed by atoms with Gasteiger partial charge in [-0.1, -0.05) is 30.3 Å². The molecule has 0 bridgehead atoms. The lowest BCUT2D eigenvalue weighted by molar-refractivity contribution is 0.0955. The van der Waals surface area contributed by atoms with E-state index in [1.807, 2.05) is 37.3 Å². The first kappa shape index (κ1) is 12.6. The minimum atomic E-state index is -0.0475. The highest BCUT2D eigenvalue weighted by molar-refractivity contribution is 6.13. The average Bonchev–Trinajstić information content (AvgIpc) is 2.49. The van der Waals surface area contributed by atoms with Crippen LogP contribution in [0.4, 0.5) is 5.69 Å². The van der Waals surface area contributed by atoms with Crippen LogP contribution in [0.15, 0.2) is 48.5 Å². The monoisotopic (exact) mass is 265 g/mol. The summed E-state index contributed by atoms with van der Waals surface area (Å²) in [6.07, 6.45) is 0.384. The molecule has 1 heterocycles. The molecule has 3 nitrogen and oxygen atoms in total. The molecule has 0 aromatic heterocycles. The number of fused-ring (bicyclic) bond motifs is 1. The van der Waals surface area contributed by atoms with Crippen molar-refractivity contribution in [2.75, 3.05) is 11.4 Å². The first-order valence-corrected chi connectivity index (χ1v) is 6.68. The van der Waals surface area contributed by atoms with Crippen LogP contribution in [-0.2, 0) is 0 Å². The molecule has 20 heavy (non-hydrogen) atoms. The third-order valence-corrected chi connectivity index (χ3v) is 3.64. The number of amides is 1. The largest absolute Gasteiger partial charge is 0.307 e. The fourth-order valence-corrected chi connectivity index (χ4v) is 2.64. The van der Waals surface area contributed by atoms with Gasteiger partial charge in [-0.05, 0) is 30.7 Å². The maximum Gasteiger partial charge on any atom is 0.258 e. The lowest BCUT2D eigenvalue weighted by Gasteiger charge is -2.30. The molecule has 1 aliphatic heterocycles. The molecule has 0 saturated heterocycles. The molecule has 100 valence electrons. The van der Waals surface area contributed by atoms with E-state index in [2.05, 4.69) is 0 Å². The van der Waals surface area contributed by atoms with E-state index >= 15 is 0 Å². The first-order valence-electron chi connectivity index (χ1n) is 6.68. The Hall–Kier alpha value is -2.42. The summed E-state index contributed by atoms with van der Waals surface area (Å²) in [7, 11) is 0. The van der Waals surface area contributed by atoms with Gasteiger partial charge in [0.15, 0.2) is 5.78 Å². The summed E-state index contributed by atoms with van der Waals surface area (Å²) < 4.78 is 0. The van der Waals surface area contributed by atoms with Gasteiger partial charge in [-0.15, -0.1) is 0 Å². The normalized spacial score (nSPS) is 14.1. The summed E-state index contributed by atoms with van der Waals surface area (Å²) in [5, 5.41) is 0. The van der Waals surface area contributed by atoms with Crippen molar-refractivity contribution in [3.63, 3.8) is 0 Å². The van der Waals surface area contributed by atoms with Crippen LogP contribution >= 0.6 is 0 Å². The smallest absolute Gasteiger partial charge is 0.258 e. The highest BCUT2D eigenvalue weighted by atomic mass is 16.2. The number of hydrogen-bond donors (Lipinski definition) is 0. The molecule has 0 fully saturated rings. The van der Waals surface area contributed by atoms with Gasteiger partial charge in [0.1, 0.15) is 0 Å². The summed E-state index contributed by atoms with van der Waals surface area (Å²) in [5.41, 5.74) is 3.02. The van der Waals surface area contributed by atoms with Gasteiger partial charge in [-0.25, -0.2) is 0 Å². The molecule has 0 spiro atoms. The number of carbonyl (C=O) groups is 2. The fraction of sp³-hybridized carbons (Fsp3) is 0.176. The summed E-state index contributed by atoms with van der Waals surface area (Å²) in [6.45, 7) is 2.38. The highest BCUT2D eigenvalue weighted by Gasteiger charge is 2.28. The van der Waals surface area contributed by atoms with Gasteiger partial charge in [-0.3, -0.25) is 9.59 Å². The molecule has 2 aromatic rings. The summed E-state index contributed by atoms with van der Waals surface area (Å²) in [4.78, 5) is 26.4. The maximum atomic E-state index is 12.6. The number of anilines is 1. The van der Waals surface area contributed by atoms with Gasteiger partial charge in [0, 0.05) is 24.1 Å². The van der Waals surface area contributed by atoms with Crippen LogP contribution in [0.1, 0.15) is 32.7 Å². The lowest BCUT2D eigenvalue weighted by atomic mass is 9.96. The number of Topliss-reactive ketones (excluding diaryl/α,β-unsaturated/α-hetero) is 1. The van der Waals surface area contributed by atoms with Crippen molar-refractivity contribution < 1.29 is 9.59 Å². The average molecular weight is 265 g/mol. The Kier molecular flexibility index (Phi) is 3.11. The Morgan fingerprint density at radius 1 is 1.05 bits per heavy atom. The van der Waals surface area contributed by atoms with Crippen molar-refractivity contribution in [1.82, 2.24) is 0 Å². The molecule has 3 rings (SSSR count). The van der Waals surface area contributed by atoms with Crippen LogP contribution in [0.2, 0.25) is 0 Å². The second kappa shape index (κ2) is 4.93. The van der Waals surface area contributed by atoms with Crippen molar-refractivity contribution >= 4 is 17.4 Å². The number of carbonyl (C=O) groups excluding carboxylic acids is 2. The molecular formula is C17H15NO2. The zero-order valence-corrected chi connectivity index (χ0v) is 11.3. The zero-order chi connectivity index (χ0) is 14.1. The minimum Gasteiger partial charge on any atom is -0.307 e. The Labute approximate surface area is 117 Å². The van der Waals surface area contributed by atoms with E-state index in [0.717, 1.165) is 11.3 Å². The standard InChI is InChI=1S/C17H15NO2/c1-12-6-5-9-14-15(19)10-11-18(16(12)14)17(20)13-7-3-2-4-8-13/h2-9H,10-11H2,1H3. The van der Waals surface area contributed by atoms with E-state index in [0.29, 0.717) is 24.1 Å². The highest BCUT2D eigenvalue weighted by Crippen LogP contribution is 2.31. The zero-order valence-electron chi connectivity index (χ0n) is 11.3. The van der Waals surface area contributed by atoms with Gasteiger partial charge in [-0.2, -0.15) is 0 Å². The van der Waals surface area contributed by atoms with Gasteiger partial charge >= 0.3 is 0 Å². The SMILES string of the molecule is Cc1cccc2c1N(C(=O)c1ccccc1)CCC2=O. The Bertz CT molecular complexity index is 677. The van der Waals surface area contributed by atoms with E-state index in [1.165, 1.54) is 0 Å². The van der Waals surface area contributed by atoms with E-state index < -0.39 is 0 Å². The summed E-state index contributed by atoms with van der Waals surface area (Å²) in [6, 6.07) is 14.8. The van der Waals surface area contributed by atoms with Gasteiger partial charge in [0.05, 0.1) is 5.69 Å². The summed E-state index contributed by atoms with van der Waals surface area (Å²) in [5.74, 6) is 0.0643. The molecular weight excluding hydrogens is 250 g/mol. The van der Waals surface area contributed by atoms with Crippen LogP contribution in [0.5, 0.6) is 0 Å². The van der Waals surface area contributed by atoms with E-state index in [1.54, 1.807) is 23.1 Å². The molecule has 0 radical (unpaired) electrons. The van der Waals surface area contributed by atoms with Crippen LogP contribution in [-0.4, -0.2) is 18.2 Å². The number of ketones is 1. The molecule has 0 saturated carbocycles. The number of rotatable bonds is 1. The van der Waals surface area contributed by atoms with Crippen LogP contribution in [0, 0.1) is 6.92 Å². The molecule has 0 unspecified atom stereocenters. The van der Waals surface area contributed by atoms with E-state index in [4.69, 9.17) is 0 Å². The van der Waals surface area contributed by atoms with Crippen molar-refractivity contribution in [2.24, 2.45) is 0 Å². The number of nitrogens with zero attached hydrogens (tertiary/aromatic N) is 1. The van der Waals surface area contributed by atoms with Crippen molar-refractivity contribution in [1.29, 1.82) is 0 Å². The quantitative estimate of drug-likeness (QED) is 0.794. The van der Waals surface area contributed by atoms with Crippen LogP contribution < -0.4 is 4.90 Å². The molecule has 0 N–H and O–H groups in total. The number of para-hydroxylation sites is 1. The lowest BCUT2D eigenvalue weighted by Crippen LogP contribution is -2.38. The predicted octanol–water partition coefficient (Wildman–Crippen LogP) is 3.23. The van der Waals surface area contributed by atoms with Crippen molar-refractivity contribution in [3.8, 4) is 0 Å². The topological polar surface area (TPSA) is 37.4 Å². The Morgan fingerprint density at radius 2 is 1.80 bits per heavy atom. The van der Waals surface area contributed by atoms with E-state index in [9.17, 15) is 9.59 Å². The fourth-order valence-electron chi connectivity index (χ4n) is 2.64. The molecule has 1 aliphatic rings. The predicted molar refractivity (Wildman–Crippen MR) is 78.2 cm³/mol. The minimum absolute atomic E-state index is 0.0475. The molecule has 0 atom stereocenters. The summed E-state index contributed by atoms with van der Waals surface area (Å²) >= 11 is 0. The first-order chi connectivity index (χ1) is 9.68.